The molecule has 132 valence electrons. The van der Waals surface area contributed by atoms with Crippen molar-refractivity contribution in [3.63, 3.8) is 0 Å². The highest BCUT2D eigenvalue weighted by atomic mass is 32.1. The van der Waals surface area contributed by atoms with Crippen LogP contribution >= 0.6 is 11.3 Å². The molecule has 0 saturated carbocycles. The van der Waals surface area contributed by atoms with E-state index in [4.69, 9.17) is 0 Å². The van der Waals surface area contributed by atoms with E-state index in [0.29, 0.717) is 19.4 Å². The fraction of sp³-hybridized carbons (Fsp3) is 0.412. The smallest absolute Gasteiger partial charge is 0.234 e. The molecule has 6 nitrogen and oxygen atoms in total. The third-order valence-electron chi connectivity index (χ3n) is 3.88. The predicted molar refractivity (Wildman–Crippen MR) is 94.1 cm³/mol. The molecule has 2 aromatic heterocycles. The second kappa shape index (κ2) is 8.15. The average Bonchev–Trinajstić information content (AvgIpc) is 3.16. The fourth-order valence-electron chi connectivity index (χ4n) is 2.50. The quantitative estimate of drug-likeness (QED) is 0.626. The van der Waals surface area contributed by atoms with Crippen molar-refractivity contribution in [2.45, 2.75) is 39.0 Å². The van der Waals surface area contributed by atoms with Crippen LogP contribution in [-0.2, 0) is 17.6 Å². The van der Waals surface area contributed by atoms with Gasteiger partial charge in [0.2, 0.25) is 10.9 Å². The van der Waals surface area contributed by atoms with Gasteiger partial charge in [0.25, 0.3) is 0 Å². The molecule has 1 aromatic carbocycles. The molecule has 3 aromatic rings. The van der Waals surface area contributed by atoms with Crippen LogP contribution in [-0.4, -0.2) is 32.3 Å². The number of nitrogens with one attached hydrogen (secondary N) is 1. The number of rotatable bonds is 8. The summed E-state index contributed by atoms with van der Waals surface area (Å²) in [7, 11) is 0. The van der Waals surface area contributed by atoms with Gasteiger partial charge in [-0.15, -0.1) is 10.2 Å². The van der Waals surface area contributed by atoms with E-state index in [1.807, 2.05) is 6.92 Å². The Kier molecular flexibility index (Phi) is 5.70. The van der Waals surface area contributed by atoms with Crippen LogP contribution in [0.4, 0.5) is 4.39 Å². The van der Waals surface area contributed by atoms with Crippen LogP contribution in [0.15, 0.2) is 24.3 Å². The van der Waals surface area contributed by atoms with Crippen molar-refractivity contribution in [2.75, 3.05) is 6.54 Å². The van der Waals surface area contributed by atoms with Gasteiger partial charge in [0, 0.05) is 19.4 Å². The lowest BCUT2D eigenvalue weighted by atomic mass is 10.1. The van der Waals surface area contributed by atoms with E-state index < -0.39 is 0 Å². The minimum Gasteiger partial charge on any atom is -0.356 e. The first-order valence-electron chi connectivity index (χ1n) is 8.30. The molecular formula is C17H20FN5OS. The molecule has 0 aliphatic heterocycles. The van der Waals surface area contributed by atoms with E-state index in [-0.39, 0.29) is 11.7 Å². The number of aromatic nitrogens is 4. The molecule has 0 fully saturated rings. The van der Waals surface area contributed by atoms with Crippen LogP contribution in [0.2, 0.25) is 0 Å². The Morgan fingerprint density at radius 1 is 1.20 bits per heavy atom. The van der Waals surface area contributed by atoms with Crippen molar-refractivity contribution < 1.29 is 9.18 Å². The SMILES string of the molecule is Cc1nnc2sc(CCC(=O)NCCCCc3ccc(F)cc3)nn12. The van der Waals surface area contributed by atoms with E-state index in [0.717, 1.165) is 40.6 Å². The van der Waals surface area contributed by atoms with E-state index in [9.17, 15) is 9.18 Å². The highest BCUT2D eigenvalue weighted by Crippen LogP contribution is 2.15. The van der Waals surface area contributed by atoms with Gasteiger partial charge in [0.15, 0.2) is 5.82 Å². The molecule has 25 heavy (non-hydrogen) atoms. The number of carbonyl (C=O) groups excluding carboxylic acids is 1. The van der Waals surface area contributed by atoms with Crippen LogP contribution in [0.5, 0.6) is 0 Å². The normalized spacial score (nSPS) is 11.1. The maximum Gasteiger partial charge on any atom is 0.234 e. The number of fused-ring (bicyclic) bond motifs is 1. The summed E-state index contributed by atoms with van der Waals surface area (Å²) in [5.41, 5.74) is 1.12. The van der Waals surface area contributed by atoms with E-state index in [1.165, 1.54) is 23.5 Å². The predicted octanol–water partition coefficient (Wildman–Crippen LogP) is 2.71. The lowest BCUT2D eigenvalue weighted by molar-refractivity contribution is -0.121. The molecule has 0 radical (unpaired) electrons. The molecule has 0 bridgehead atoms. The largest absolute Gasteiger partial charge is 0.356 e. The maximum atomic E-state index is 12.8. The van der Waals surface area contributed by atoms with Crippen LogP contribution in [0.1, 0.15) is 35.7 Å². The van der Waals surface area contributed by atoms with Crippen molar-refractivity contribution in [3.8, 4) is 0 Å². The Labute approximate surface area is 149 Å². The third-order valence-corrected chi connectivity index (χ3v) is 4.84. The molecule has 2 heterocycles. The summed E-state index contributed by atoms with van der Waals surface area (Å²) < 4.78 is 14.5. The Hall–Kier alpha value is -2.35. The number of nitrogens with zero attached hydrogens (tertiary/aromatic N) is 4. The Morgan fingerprint density at radius 2 is 2.00 bits per heavy atom. The second-order valence-electron chi connectivity index (χ2n) is 5.87. The van der Waals surface area contributed by atoms with E-state index >= 15 is 0 Å². The molecule has 0 spiro atoms. The number of amides is 1. The van der Waals surface area contributed by atoms with Gasteiger partial charge in [-0.25, -0.2) is 4.39 Å². The van der Waals surface area contributed by atoms with Gasteiger partial charge in [0.1, 0.15) is 10.8 Å². The Bertz CT molecular complexity index is 842. The maximum absolute atomic E-state index is 12.8. The summed E-state index contributed by atoms with van der Waals surface area (Å²) in [5, 5.41) is 16.2. The number of carbonyl (C=O) groups is 1. The number of hydrogen-bond acceptors (Lipinski definition) is 5. The standard InChI is InChI=1S/C17H20FN5OS/c1-12-20-21-17-23(12)22-16(25-17)10-9-15(24)19-11-3-2-4-13-5-7-14(18)8-6-13/h5-8H,2-4,9-11H2,1H3,(H,19,24). The zero-order chi connectivity index (χ0) is 17.6. The van der Waals surface area contributed by atoms with Crippen LogP contribution in [0.3, 0.4) is 0 Å². The number of halogens is 1. The highest BCUT2D eigenvalue weighted by Gasteiger charge is 2.10. The summed E-state index contributed by atoms with van der Waals surface area (Å²) in [6, 6.07) is 6.56. The first kappa shape index (κ1) is 17.5. The third kappa shape index (κ3) is 4.82. The fourth-order valence-corrected chi connectivity index (χ4v) is 3.38. The van der Waals surface area contributed by atoms with E-state index in [1.54, 1.807) is 16.6 Å². The Balaban J connectivity index is 1.32. The summed E-state index contributed by atoms with van der Waals surface area (Å²) in [6.45, 7) is 2.51. The van der Waals surface area contributed by atoms with Crippen LogP contribution in [0.25, 0.3) is 4.96 Å². The minimum absolute atomic E-state index is 0.0319. The Morgan fingerprint density at radius 3 is 2.76 bits per heavy atom. The topological polar surface area (TPSA) is 72.2 Å². The van der Waals surface area contributed by atoms with Crippen molar-refractivity contribution in [3.05, 3.63) is 46.5 Å². The summed E-state index contributed by atoms with van der Waals surface area (Å²) in [5.74, 6) is 0.573. The van der Waals surface area contributed by atoms with Crippen molar-refractivity contribution in [1.29, 1.82) is 0 Å². The molecule has 0 atom stereocenters. The second-order valence-corrected chi connectivity index (χ2v) is 6.91. The van der Waals surface area contributed by atoms with E-state index in [2.05, 4.69) is 20.6 Å². The van der Waals surface area contributed by atoms with Crippen LogP contribution in [0, 0.1) is 12.7 Å². The van der Waals surface area contributed by atoms with Crippen molar-refractivity contribution in [1.82, 2.24) is 25.1 Å². The molecule has 0 aliphatic rings. The molecule has 0 aliphatic carbocycles. The van der Waals surface area contributed by atoms with Gasteiger partial charge < -0.3 is 5.32 Å². The van der Waals surface area contributed by atoms with Gasteiger partial charge in [-0.05, 0) is 43.9 Å². The number of aryl methyl sites for hydroxylation is 3. The molecule has 0 saturated heterocycles. The van der Waals surface area contributed by atoms with Crippen molar-refractivity contribution in [2.24, 2.45) is 0 Å². The monoisotopic (exact) mass is 361 g/mol. The highest BCUT2D eigenvalue weighted by molar-refractivity contribution is 7.16. The number of unbranched alkanes of at least 4 members (excludes halogenated alkanes) is 1. The summed E-state index contributed by atoms with van der Waals surface area (Å²) in [4.78, 5) is 12.7. The molecule has 8 heteroatoms. The first-order valence-corrected chi connectivity index (χ1v) is 9.12. The molecule has 0 unspecified atom stereocenters. The van der Waals surface area contributed by atoms with Gasteiger partial charge in [-0.1, -0.05) is 23.5 Å². The molecule has 1 amide bonds. The van der Waals surface area contributed by atoms with Gasteiger partial charge in [0.05, 0.1) is 0 Å². The summed E-state index contributed by atoms with van der Waals surface area (Å²) >= 11 is 1.46. The minimum atomic E-state index is -0.212. The van der Waals surface area contributed by atoms with Crippen molar-refractivity contribution >= 4 is 22.2 Å². The van der Waals surface area contributed by atoms with Gasteiger partial charge in [-0.3, -0.25) is 4.79 Å². The van der Waals surface area contributed by atoms with Crippen LogP contribution < -0.4 is 5.32 Å². The average molecular weight is 361 g/mol. The zero-order valence-electron chi connectivity index (χ0n) is 14.0. The number of benzene rings is 1. The zero-order valence-corrected chi connectivity index (χ0v) is 14.9. The molecular weight excluding hydrogens is 341 g/mol. The number of hydrogen-bond donors (Lipinski definition) is 1. The summed E-state index contributed by atoms with van der Waals surface area (Å²) in [6.07, 6.45) is 3.78. The van der Waals surface area contributed by atoms with Gasteiger partial charge in [-0.2, -0.15) is 9.61 Å². The molecule has 3 rings (SSSR count). The van der Waals surface area contributed by atoms with Gasteiger partial charge >= 0.3 is 0 Å². The molecule has 1 N–H and O–H groups in total. The lowest BCUT2D eigenvalue weighted by Crippen LogP contribution is -2.24. The first-order chi connectivity index (χ1) is 12.1. The lowest BCUT2D eigenvalue weighted by Gasteiger charge is -2.05.